The Morgan fingerprint density at radius 3 is 2.45 bits per heavy atom. The van der Waals surface area contributed by atoms with E-state index in [2.05, 4.69) is 5.32 Å². The topological polar surface area (TPSA) is 55.1 Å². The van der Waals surface area contributed by atoms with E-state index in [0.29, 0.717) is 12.0 Å². The Bertz CT molecular complexity index is 646. The number of carbonyl (C=O) groups excluding carboxylic acids is 1. The molecule has 2 rings (SSSR count). The van der Waals surface area contributed by atoms with Gasteiger partial charge in [0.2, 0.25) is 5.91 Å². The van der Waals surface area contributed by atoms with Crippen molar-refractivity contribution in [2.45, 2.75) is 25.4 Å². The summed E-state index contributed by atoms with van der Waals surface area (Å²) in [5.74, 6) is -1.80. The van der Waals surface area contributed by atoms with Crippen LogP contribution in [0.5, 0.6) is 0 Å². The molecule has 3 nitrogen and oxygen atoms in total. The van der Waals surface area contributed by atoms with E-state index in [4.69, 9.17) is 5.73 Å². The molecule has 0 radical (unpaired) electrons. The zero-order valence-electron chi connectivity index (χ0n) is 12.2. The molecule has 0 fully saturated rings. The predicted octanol–water partition coefficient (Wildman–Crippen LogP) is 2.71. The van der Waals surface area contributed by atoms with Crippen LogP contribution in [0, 0.1) is 11.6 Å². The molecule has 2 aromatic carbocycles. The number of halogens is 2. The number of rotatable bonds is 6. The van der Waals surface area contributed by atoms with Gasteiger partial charge in [0.1, 0.15) is 11.6 Å². The molecule has 116 valence electrons. The second kappa shape index (κ2) is 7.13. The third-order valence-corrected chi connectivity index (χ3v) is 3.51. The molecular formula is C17H18F2N2O. The normalized spacial score (nSPS) is 13.6. The molecule has 1 amide bonds. The predicted molar refractivity (Wildman–Crippen MR) is 81.0 cm³/mol. The molecular weight excluding hydrogens is 286 g/mol. The van der Waals surface area contributed by atoms with Crippen molar-refractivity contribution in [3.8, 4) is 0 Å². The molecule has 0 saturated carbocycles. The number of hydrogen-bond donors (Lipinski definition) is 2. The number of hydrogen-bond acceptors (Lipinski definition) is 2. The van der Waals surface area contributed by atoms with E-state index < -0.39 is 29.6 Å². The summed E-state index contributed by atoms with van der Waals surface area (Å²) in [6.45, 7) is 1.71. The summed E-state index contributed by atoms with van der Waals surface area (Å²) in [5.41, 5.74) is 6.66. The van der Waals surface area contributed by atoms with Crippen molar-refractivity contribution in [3.63, 3.8) is 0 Å². The average Bonchev–Trinajstić information content (AvgIpc) is 2.47. The van der Waals surface area contributed by atoms with Gasteiger partial charge in [0.05, 0.1) is 6.04 Å². The number of nitrogens with one attached hydrogen (secondary N) is 1. The van der Waals surface area contributed by atoms with Crippen LogP contribution in [-0.4, -0.2) is 11.9 Å². The Morgan fingerprint density at radius 2 is 1.86 bits per heavy atom. The van der Waals surface area contributed by atoms with Crippen LogP contribution in [-0.2, 0) is 11.2 Å². The standard InChI is InChI=1S/C17H18F2N2O/c1-11(14-8-7-13(18)10-15(14)19)21-16(17(20)22)9-12-5-3-2-4-6-12/h2-8,10-11,16,21H,9H2,1H3,(H2,20,22). The van der Waals surface area contributed by atoms with Gasteiger partial charge in [-0.15, -0.1) is 0 Å². The summed E-state index contributed by atoms with van der Waals surface area (Å²) >= 11 is 0. The highest BCUT2D eigenvalue weighted by atomic mass is 19.1. The van der Waals surface area contributed by atoms with E-state index in [-0.39, 0.29) is 0 Å². The van der Waals surface area contributed by atoms with Gasteiger partial charge < -0.3 is 5.73 Å². The number of amides is 1. The maximum Gasteiger partial charge on any atom is 0.234 e. The summed E-state index contributed by atoms with van der Waals surface area (Å²) < 4.78 is 26.7. The lowest BCUT2D eigenvalue weighted by Gasteiger charge is -2.22. The maximum atomic E-state index is 13.8. The van der Waals surface area contributed by atoms with Crippen LogP contribution >= 0.6 is 0 Å². The second-order valence-electron chi connectivity index (χ2n) is 5.20. The van der Waals surface area contributed by atoms with Crippen LogP contribution in [0.2, 0.25) is 0 Å². The smallest absolute Gasteiger partial charge is 0.234 e. The van der Waals surface area contributed by atoms with Crippen LogP contribution in [0.15, 0.2) is 48.5 Å². The van der Waals surface area contributed by atoms with Crippen molar-refractivity contribution >= 4 is 5.91 Å². The van der Waals surface area contributed by atoms with E-state index in [9.17, 15) is 13.6 Å². The van der Waals surface area contributed by atoms with E-state index in [1.54, 1.807) is 6.92 Å². The lowest BCUT2D eigenvalue weighted by Crippen LogP contribution is -2.44. The largest absolute Gasteiger partial charge is 0.368 e. The fraction of sp³-hybridized carbons (Fsp3) is 0.235. The average molecular weight is 304 g/mol. The number of carbonyl (C=O) groups is 1. The molecule has 5 heteroatoms. The van der Waals surface area contributed by atoms with Crippen molar-refractivity contribution in [1.82, 2.24) is 5.32 Å². The summed E-state index contributed by atoms with van der Waals surface area (Å²) in [7, 11) is 0. The molecule has 0 saturated heterocycles. The first kappa shape index (κ1) is 16.1. The van der Waals surface area contributed by atoms with Crippen molar-refractivity contribution in [2.24, 2.45) is 5.73 Å². The monoisotopic (exact) mass is 304 g/mol. The molecule has 2 aromatic rings. The first-order valence-corrected chi connectivity index (χ1v) is 7.01. The highest BCUT2D eigenvalue weighted by Crippen LogP contribution is 2.19. The zero-order valence-corrected chi connectivity index (χ0v) is 12.2. The van der Waals surface area contributed by atoms with Crippen molar-refractivity contribution in [3.05, 3.63) is 71.3 Å². The Morgan fingerprint density at radius 1 is 1.18 bits per heavy atom. The second-order valence-corrected chi connectivity index (χ2v) is 5.20. The lowest BCUT2D eigenvalue weighted by atomic mass is 10.0. The van der Waals surface area contributed by atoms with Gasteiger partial charge in [-0.2, -0.15) is 0 Å². The lowest BCUT2D eigenvalue weighted by molar-refractivity contribution is -0.120. The Kier molecular flexibility index (Phi) is 5.22. The molecule has 0 bridgehead atoms. The quantitative estimate of drug-likeness (QED) is 0.862. The van der Waals surface area contributed by atoms with Crippen molar-refractivity contribution in [1.29, 1.82) is 0 Å². The van der Waals surface area contributed by atoms with Crippen LogP contribution in [0.1, 0.15) is 24.1 Å². The molecule has 0 aliphatic carbocycles. The molecule has 0 heterocycles. The summed E-state index contributed by atoms with van der Waals surface area (Å²) in [5, 5.41) is 3.00. The summed E-state index contributed by atoms with van der Waals surface area (Å²) in [6, 6.07) is 11.7. The number of nitrogens with two attached hydrogens (primary N) is 1. The highest BCUT2D eigenvalue weighted by Gasteiger charge is 2.20. The van der Waals surface area contributed by atoms with Gasteiger partial charge in [-0.05, 0) is 25.0 Å². The zero-order chi connectivity index (χ0) is 16.1. The van der Waals surface area contributed by atoms with Crippen LogP contribution < -0.4 is 11.1 Å². The van der Waals surface area contributed by atoms with Gasteiger partial charge in [-0.1, -0.05) is 36.4 Å². The van der Waals surface area contributed by atoms with Gasteiger partial charge in [0.15, 0.2) is 0 Å². The first-order chi connectivity index (χ1) is 10.5. The van der Waals surface area contributed by atoms with E-state index in [1.807, 2.05) is 30.3 Å². The van der Waals surface area contributed by atoms with Gasteiger partial charge in [0, 0.05) is 17.7 Å². The molecule has 2 atom stereocenters. The maximum absolute atomic E-state index is 13.8. The summed E-state index contributed by atoms with van der Waals surface area (Å²) in [4.78, 5) is 11.6. The fourth-order valence-electron chi connectivity index (χ4n) is 2.34. The summed E-state index contributed by atoms with van der Waals surface area (Å²) in [6.07, 6.45) is 0.406. The van der Waals surface area contributed by atoms with Gasteiger partial charge in [-0.25, -0.2) is 8.78 Å². The molecule has 0 spiro atoms. The molecule has 2 unspecified atom stereocenters. The molecule has 22 heavy (non-hydrogen) atoms. The van der Waals surface area contributed by atoms with E-state index >= 15 is 0 Å². The molecule has 3 N–H and O–H groups in total. The first-order valence-electron chi connectivity index (χ1n) is 7.01. The minimum Gasteiger partial charge on any atom is -0.368 e. The minimum absolute atomic E-state index is 0.292. The van der Waals surface area contributed by atoms with Crippen LogP contribution in [0.3, 0.4) is 0 Å². The van der Waals surface area contributed by atoms with Crippen LogP contribution in [0.4, 0.5) is 8.78 Å². The third-order valence-electron chi connectivity index (χ3n) is 3.51. The van der Waals surface area contributed by atoms with Crippen molar-refractivity contribution < 1.29 is 13.6 Å². The SMILES string of the molecule is CC(NC(Cc1ccccc1)C(N)=O)c1ccc(F)cc1F. The molecule has 0 aliphatic heterocycles. The number of benzene rings is 2. The van der Waals surface area contributed by atoms with Gasteiger partial charge >= 0.3 is 0 Å². The van der Waals surface area contributed by atoms with Crippen LogP contribution in [0.25, 0.3) is 0 Å². The Balaban J connectivity index is 2.12. The fourth-order valence-corrected chi connectivity index (χ4v) is 2.34. The van der Waals surface area contributed by atoms with Crippen molar-refractivity contribution in [2.75, 3.05) is 0 Å². The highest BCUT2D eigenvalue weighted by molar-refractivity contribution is 5.80. The molecule has 0 aliphatic rings. The van der Waals surface area contributed by atoms with Gasteiger partial charge in [-0.3, -0.25) is 10.1 Å². The minimum atomic E-state index is -0.650. The third kappa shape index (κ3) is 4.11. The van der Waals surface area contributed by atoms with E-state index in [1.165, 1.54) is 12.1 Å². The van der Waals surface area contributed by atoms with Gasteiger partial charge in [0.25, 0.3) is 0 Å². The Hall–Kier alpha value is -2.27. The Labute approximate surface area is 128 Å². The van der Waals surface area contributed by atoms with E-state index in [0.717, 1.165) is 11.6 Å². The number of primary amides is 1. The molecule has 0 aromatic heterocycles.